The average molecular weight is 265 g/mol. The van der Waals surface area contributed by atoms with Crippen molar-refractivity contribution >= 4 is 5.91 Å². The van der Waals surface area contributed by atoms with Crippen molar-refractivity contribution in [2.75, 3.05) is 19.6 Å². The first kappa shape index (κ1) is 16.0. The van der Waals surface area contributed by atoms with Gasteiger partial charge in [-0.3, -0.25) is 9.69 Å². The molecule has 1 saturated heterocycles. The zero-order valence-electron chi connectivity index (χ0n) is 12.6. The summed E-state index contributed by atoms with van der Waals surface area (Å²) in [6.07, 6.45) is 5.20. The van der Waals surface area contributed by atoms with Gasteiger partial charge in [0.15, 0.2) is 0 Å². The first-order valence-electron chi connectivity index (χ1n) is 7.49. The van der Waals surface area contributed by atoms with Crippen LogP contribution in [0, 0.1) is 11.3 Å². The van der Waals surface area contributed by atoms with Crippen LogP contribution in [0.4, 0.5) is 0 Å². The second-order valence-electron chi connectivity index (χ2n) is 5.66. The predicted octanol–water partition coefficient (Wildman–Crippen LogP) is 2.40. The number of nitriles is 1. The van der Waals surface area contributed by atoms with E-state index < -0.39 is 0 Å². The van der Waals surface area contributed by atoms with E-state index in [-0.39, 0.29) is 11.9 Å². The largest absolute Gasteiger partial charge is 0.341 e. The standard InChI is InChI=1S/C15H27N3O/c1-13(2)18(12-8-9-16)14(3)15(19)17-10-6-4-5-7-11-17/h13-14H,4-8,10-12H2,1-3H3. The van der Waals surface area contributed by atoms with Gasteiger partial charge in [-0.15, -0.1) is 0 Å². The van der Waals surface area contributed by atoms with Crippen LogP contribution in [0.5, 0.6) is 0 Å². The number of rotatable bonds is 5. The van der Waals surface area contributed by atoms with Crippen molar-refractivity contribution < 1.29 is 4.79 Å². The molecule has 1 heterocycles. The molecule has 0 spiro atoms. The summed E-state index contributed by atoms with van der Waals surface area (Å²) in [5.41, 5.74) is 0. The number of nitrogens with zero attached hydrogens (tertiary/aromatic N) is 3. The van der Waals surface area contributed by atoms with Crippen LogP contribution >= 0.6 is 0 Å². The average Bonchev–Trinajstić information content (AvgIpc) is 2.66. The molecule has 4 nitrogen and oxygen atoms in total. The number of hydrogen-bond donors (Lipinski definition) is 0. The van der Waals surface area contributed by atoms with Gasteiger partial charge >= 0.3 is 0 Å². The van der Waals surface area contributed by atoms with Crippen molar-refractivity contribution in [3.05, 3.63) is 0 Å². The summed E-state index contributed by atoms with van der Waals surface area (Å²) in [5.74, 6) is 0.230. The fourth-order valence-corrected chi connectivity index (χ4v) is 2.78. The first-order chi connectivity index (χ1) is 9.07. The molecule has 19 heavy (non-hydrogen) atoms. The van der Waals surface area contributed by atoms with Crippen LogP contribution in [0.15, 0.2) is 0 Å². The molecule has 0 aromatic heterocycles. The van der Waals surface area contributed by atoms with E-state index in [9.17, 15) is 4.79 Å². The summed E-state index contributed by atoms with van der Waals surface area (Å²) < 4.78 is 0. The summed E-state index contributed by atoms with van der Waals surface area (Å²) in [7, 11) is 0. The second-order valence-corrected chi connectivity index (χ2v) is 5.66. The van der Waals surface area contributed by atoms with Crippen LogP contribution < -0.4 is 0 Å². The Balaban J connectivity index is 2.63. The van der Waals surface area contributed by atoms with Crippen molar-refractivity contribution in [2.24, 2.45) is 0 Å². The van der Waals surface area contributed by atoms with E-state index in [2.05, 4.69) is 24.8 Å². The molecule has 1 unspecified atom stereocenters. The SMILES string of the molecule is CC(C)N(CCC#N)C(C)C(=O)N1CCCCCC1. The lowest BCUT2D eigenvalue weighted by Crippen LogP contribution is -2.50. The summed E-state index contributed by atoms with van der Waals surface area (Å²) in [6.45, 7) is 8.62. The third kappa shape index (κ3) is 4.83. The number of carbonyl (C=O) groups excluding carboxylic acids is 1. The minimum absolute atomic E-state index is 0.119. The Labute approximate surface area is 117 Å². The molecular formula is C15H27N3O. The maximum absolute atomic E-state index is 12.6. The van der Waals surface area contributed by atoms with Crippen molar-refractivity contribution in [1.29, 1.82) is 5.26 Å². The molecule has 0 N–H and O–H groups in total. The molecule has 1 aliphatic heterocycles. The fraction of sp³-hybridized carbons (Fsp3) is 0.867. The Hall–Kier alpha value is -1.08. The lowest BCUT2D eigenvalue weighted by atomic mass is 10.1. The van der Waals surface area contributed by atoms with E-state index >= 15 is 0 Å². The van der Waals surface area contributed by atoms with Gasteiger partial charge in [-0.05, 0) is 33.6 Å². The van der Waals surface area contributed by atoms with Crippen molar-refractivity contribution in [1.82, 2.24) is 9.80 Å². The Morgan fingerprint density at radius 3 is 2.26 bits per heavy atom. The summed E-state index contributed by atoms with van der Waals surface area (Å²) in [5, 5.41) is 8.73. The van der Waals surface area contributed by atoms with Gasteiger partial charge in [0.2, 0.25) is 5.91 Å². The van der Waals surface area contributed by atoms with E-state index in [1.165, 1.54) is 12.8 Å². The van der Waals surface area contributed by atoms with E-state index in [0.717, 1.165) is 25.9 Å². The highest BCUT2D eigenvalue weighted by molar-refractivity contribution is 5.81. The molecule has 0 aliphatic carbocycles. The Morgan fingerprint density at radius 1 is 1.21 bits per heavy atom. The third-order valence-corrected chi connectivity index (χ3v) is 3.92. The zero-order chi connectivity index (χ0) is 14.3. The lowest BCUT2D eigenvalue weighted by molar-refractivity contribution is -0.137. The van der Waals surface area contributed by atoms with Crippen LogP contribution in [-0.2, 0) is 4.79 Å². The molecule has 0 saturated carbocycles. The van der Waals surface area contributed by atoms with E-state index in [0.29, 0.717) is 19.0 Å². The highest BCUT2D eigenvalue weighted by Crippen LogP contribution is 2.14. The molecule has 1 rings (SSSR count). The van der Waals surface area contributed by atoms with Gasteiger partial charge in [0.1, 0.15) is 0 Å². The number of amides is 1. The van der Waals surface area contributed by atoms with Gasteiger partial charge in [0.25, 0.3) is 0 Å². The Morgan fingerprint density at radius 2 is 1.79 bits per heavy atom. The van der Waals surface area contributed by atoms with Crippen LogP contribution in [-0.4, -0.2) is 47.4 Å². The maximum atomic E-state index is 12.6. The molecule has 1 fully saturated rings. The monoisotopic (exact) mass is 265 g/mol. The molecule has 0 radical (unpaired) electrons. The van der Waals surface area contributed by atoms with Crippen molar-refractivity contribution in [2.45, 2.75) is 65.0 Å². The molecule has 0 aromatic carbocycles. The number of likely N-dealkylation sites (tertiary alicyclic amines) is 1. The van der Waals surface area contributed by atoms with Gasteiger partial charge in [-0.1, -0.05) is 12.8 Å². The van der Waals surface area contributed by atoms with Crippen molar-refractivity contribution in [3.63, 3.8) is 0 Å². The number of carbonyl (C=O) groups is 1. The minimum Gasteiger partial charge on any atom is -0.341 e. The van der Waals surface area contributed by atoms with Gasteiger partial charge in [-0.25, -0.2) is 0 Å². The fourth-order valence-electron chi connectivity index (χ4n) is 2.78. The molecule has 1 aliphatic rings. The molecular weight excluding hydrogens is 238 g/mol. The van der Waals surface area contributed by atoms with Gasteiger partial charge in [-0.2, -0.15) is 5.26 Å². The molecule has 4 heteroatoms. The van der Waals surface area contributed by atoms with Gasteiger partial charge in [0.05, 0.1) is 12.1 Å². The quantitative estimate of drug-likeness (QED) is 0.767. The van der Waals surface area contributed by atoms with E-state index in [4.69, 9.17) is 5.26 Å². The Bertz CT molecular complexity index is 314. The summed E-state index contributed by atoms with van der Waals surface area (Å²) in [6, 6.07) is 2.34. The van der Waals surface area contributed by atoms with Crippen LogP contribution in [0.1, 0.15) is 52.9 Å². The molecule has 108 valence electrons. The molecule has 1 amide bonds. The predicted molar refractivity (Wildman–Crippen MR) is 76.6 cm³/mol. The molecule has 0 aromatic rings. The maximum Gasteiger partial charge on any atom is 0.239 e. The summed E-state index contributed by atoms with van der Waals surface area (Å²) in [4.78, 5) is 16.7. The normalized spacial score (nSPS) is 18.2. The van der Waals surface area contributed by atoms with Gasteiger partial charge < -0.3 is 4.90 Å². The van der Waals surface area contributed by atoms with E-state index in [1.54, 1.807) is 0 Å². The van der Waals surface area contributed by atoms with Crippen LogP contribution in [0.2, 0.25) is 0 Å². The smallest absolute Gasteiger partial charge is 0.239 e. The number of hydrogen-bond acceptors (Lipinski definition) is 3. The molecule has 0 bridgehead atoms. The first-order valence-corrected chi connectivity index (χ1v) is 7.49. The van der Waals surface area contributed by atoms with Crippen molar-refractivity contribution in [3.8, 4) is 6.07 Å². The minimum atomic E-state index is -0.119. The topological polar surface area (TPSA) is 47.3 Å². The Kier molecular flexibility index (Phi) is 6.86. The highest BCUT2D eigenvalue weighted by atomic mass is 16.2. The van der Waals surface area contributed by atoms with Gasteiger partial charge in [0, 0.05) is 32.1 Å². The lowest BCUT2D eigenvalue weighted by Gasteiger charge is -2.34. The highest BCUT2D eigenvalue weighted by Gasteiger charge is 2.27. The van der Waals surface area contributed by atoms with Crippen LogP contribution in [0.25, 0.3) is 0 Å². The second kappa shape index (κ2) is 8.16. The zero-order valence-corrected chi connectivity index (χ0v) is 12.6. The molecule has 1 atom stereocenters. The van der Waals surface area contributed by atoms with Crippen LogP contribution in [0.3, 0.4) is 0 Å². The summed E-state index contributed by atoms with van der Waals surface area (Å²) >= 11 is 0. The van der Waals surface area contributed by atoms with E-state index in [1.807, 2.05) is 11.8 Å². The third-order valence-electron chi connectivity index (χ3n) is 3.92.